The predicted molar refractivity (Wildman–Crippen MR) is 89.4 cm³/mol. The molecule has 0 aliphatic heterocycles. The molecule has 132 valence electrons. The lowest BCUT2D eigenvalue weighted by atomic mass is 10.3. The number of hydrogen-bond acceptors (Lipinski definition) is 5. The topological polar surface area (TPSA) is 73.0 Å². The number of carbonyl (C=O) groups excluding carboxylic acids is 1. The maximum absolute atomic E-state index is 12.8. The van der Waals surface area contributed by atoms with Crippen molar-refractivity contribution in [1.82, 2.24) is 19.9 Å². The lowest BCUT2D eigenvalue weighted by molar-refractivity contribution is -0.122. The van der Waals surface area contributed by atoms with Gasteiger partial charge in [0.2, 0.25) is 11.8 Å². The third-order valence-electron chi connectivity index (χ3n) is 3.63. The molecule has 0 spiro atoms. The summed E-state index contributed by atoms with van der Waals surface area (Å²) in [6.45, 7) is 3.63. The Morgan fingerprint density at radius 1 is 1.32 bits per heavy atom. The molecular formula is C16H16F2N4O2S. The number of carbonyl (C=O) groups is 1. The first-order valence-corrected chi connectivity index (χ1v) is 8.41. The van der Waals surface area contributed by atoms with E-state index in [0.717, 1.165) is 5.69 Å². The van der Waals surface area contributed by atoms with E-state index in [9.17, 15) is 13.6 Å². The van der Waals surface area contributed by atoms with Crippen LogP contribution >= 0.6 is 11.8 Å². The van der Waals surface area contributed by atoms with Gasteiger partial charge in [0.1, 0.15) is 12.3 Å². The molecule has 2 heterocycles. The number of nitrogens with zero attached hydrogens (tertiary/aromatic N) is 3. The number of amides is 1. The van der Waals surface area contributed by atoms with Gasteiger partial charge in [-0.2, -0.15) is 8.78 Å². The number of oxazole rings is 1. The quantitative estimate of drug-likeness (QED) is 0.678. The van der Waals surface area contributed by atoms with Crippen molar-refractivity contribution in [1.29, 1.82) is 0 Å². The van der Waals surface area contributed by atoms with Gasteiger partial charge >= 0.3 is 0 Å². The maximum Gasteiger partial charge on any atom is 0.291 e. The zero-order chi connectivity index (χ0) is 18.0. The van der Waals surface area contributed by atoms with Crippen LogP contribution in [-0.2, 0) is 17.9 Å². The van der Waals surface area contributed by atoms with Crippen LogP contribution in [0.5, 0.6) is 0 Å². The number of hydrogen-bond donors (Lipinski definition) is 1. The van der Waals surface area contributed by atoms with Crippen LogP contribution in [0.4, 0.5) is 8.78 Å². The Balaban J connectivity index is 1.75. The molecule has 0 radical (unpaired) electrons. The summed E-state index contributed by atoms with van der Waals surface area (Å²) in [6.07, 6.45) is 0. The summed E-state index contributed by atoms with van der Waals surface area (Å²) >= 11 is 0.320. The summed E-state index contributed by atoms with van der Waals surface area (Å²) in [5, 5.41) is 2.79. The number of imidazole rings is 1. The molecule has 3 aromatic rings. The summed E-state index contributed by atoms with van der Waals surface area (Å²) in [4.78, 5) is 20.6. The Labute approximate surface area is 146 Å². The first-order chi connectivity index (χ1) is 11.9. The molecule has 0 bridgehead atoms. The highest BCUT2D eigenvalue weighted by Gasteiger charge is 2.18. The monoisotopic (exact) mass is 366 g/mol. The van der Waals surface area contributed by atoms with Crippen molar-refractivity contribution < 1.29 is 18.0 Å². The van der Waals surface area contributed by atoms with Gasteiger partial charge in [0.15, 0.2) is 5.16 Å². The highest BCUT2D eigenvalue weighted by Crippen LogP contribution is 2.28. The highest BCUT2D eigenvalue weighted by molar-refractivity contribution is 7.99. The standard InChI is InChI=1S/C16H16F2N4O2S/c1-9-10(2)24-14(20-9)7-19-13(23)8-22-12-6-4-3-5-11(12)21-16(22)25-15(17)18/h3-6,15H,7-8H2,1-2H3,(H,19,23). The van der Waals surface area contributed by atoms with E-state index in [0.29, 0.717) is 34.4 Å². The lowest BCUT2D eigenvalue weighted by Gasteiger charge is -2.08. The van der Waals surface area contributed by atoms with Crippen molar-refractivity contribution in [3.05, 3.63) is 41.6 Å². The Kier molecular flexibility index (Phi) is 5.03. The normalized spacial score (nSPS) is 11.4. The Bertz CT molecular complexity index is 887. The van der Waals surface area contributed by atoms with Gasteiger partial charge in [-0.15, -0.1) is 0 Å². The van der Waals surface area contributed by atoms with Crippen LogP contribution in [0.1, 0.15) is 17.3 Å². The van der Waals surface area contributed by atoms with Gasteiger partial charge < -0.3 is 14.3 Å². The van der Waals surface area contributed by atoms with Crippen LogP contribution in [0.15, 0.2) is 33.8 Å². The van der Waals surface area contributed by atoms with Gasteiger partial charge in [-0.05, 0) is 37.7 Å². The predicted octanol–water partition coefficient (Wildman–Crippen LogP) is 3.27. The molecule has 6 nitrogen and oxygen atoms in total. The van der Waals surface area contributed by atoms with Crippen LogP contribution < -0.4 is 5.32 Å². The molecule has 0 fully saturated rings. The molecule has 1 aromatic carbocycles. The van der Waals surface area contributed by atoms with E-state index >= 15 is 0 Å². The number of para-hydroxylation sites is 2. The first kappa shape index (κ1) is 17.4. The Hall–Kier alpha value is -2.42. The second-order valence-electron chi connectivity index (χ2n) is 5.37. The fourth-order valence-electron chi connectivity index (χ4n) is 2.36. The summed E-state index contributed by atoms with van der Waals surface area (Å²) < 4.78 is 32.4. The third-order valence-corrected chi connectivity index (χ3v) is 4.33. The second-order valence-corrected chi connectivity index (χ2v) is 6.33. The van der Waals surface area contributed by atoms with Crippen LogP contribution in [0, 0.1) is 13.8 Å². The van der Waals surface area contributed by atoms with E-state index < -0.39 is 5.76 Å². The van der Waals surface area contributed by atoms with Crippen molar-refractivity contribution in [3.63, 3.8) is 0 Å². The van der Waals surface area contributed by atoms with Gasteiger partial charge in [-0.1, -0.05) is 12.1 Å². The molecular weight excluding hydrogens is 350 g/mol. The van der Waals surface area contributed by atoms with E-state index in [-0.39, 0.29) is 24.2 Å². The van der Waals surface area contributed by atoms with Crippen LogP contribution in [0.2, 0.25) is 0 Å². The van der Waals surface area contributed by atoms with Crippen LogP contribution in [0.25, 0.3) is 11.0 Å². The minimum Gasteiger partial charge on any atom is -0.444 e. The largest absolute Gasteiger partial charge is 0.444 e. The zero-order valence-corrected chi connectivity index (χ0v) is 14.4. The molecule has 1 amide bonds. The summed E-state index contributed by atoms with van der Waals surface area (Å²) in [5.41, 5.74) is 1.96. The number of halogens is 2. The van der Waals surface area contributed by atoms with Gasteiger partial charge in [0, 0.05) is 0 Å². The number of benzene rings is 1. The average Bonchev–Trinajstić information content (AvgIpc) is 3.05. The van der Waals surface area contributed by atoms with E-state index in [4.69, 9.17) is 4.42 Å². The number of fused-ring (bicyclic) bond motifs is 1. The number of thioether (sulfide) groups is 1. The molecule has 0 saturated heterocycles. The molecule has 0 atom stereocenters. The number of alkyl halides is 2. The molecule has 3 rings (SSSR count). The number of rotatable bonds is 6. The van der Waals surface area contributed by atoms with E-state index in [1.54, 1.807) is 31.2 Å². The summed E-state index contributed by atoms with van der Waals surface area (Å²) in [7, 11) is 0. The summed E-state index contributed by atoms with van der Waals surface area (Å²) in [5.74, 6) is -1.86. The van der Waals surface area contributed by atoms with Gasteiger partial charge in [0.25, 0.3) is 5.76 Å². The van der Waals surface area contributed by atoms with E-state index in [1.165, 1.54) is 4.57 Å². The number of aromatic nitrogens is 3. The second kappa shape index (κ2) is 7.22. The molecule has 25 heavy (non-hydrogen) atoms. The number of nitrogens with one attached hydrogen (secondary N) is 1. The van der Waals surface area contributed by atoms with Gasteiger partial charge in [-0.25, -0.2) is 9.97 Å². The highest BCUT2D eigenvalue weighted by atomic mass is 32.2. The lowest BCUT2D eigenvalue weighted by Crippen LogP contribution is -2.27. The molecule has 0 unspecified atom stereocenters. The summed E-state index contributed by atoms with van der Waals surface area (Å²) in [6, 6.07) is 7.00. The average molecular weight is 366 g/mol. The SMILES string of the molecule is Cc1nc(CNC(=O)Cn2c(SC(F)F)nc3ccccc32)oc1C. The third kappa shape index (κ3) is 3.98. The smallest absolute Gasteiger partial charge is 0.291 e. The van der Waals surface area contributed by atoms with Crippen molar-refractivity contribution in [2.45, 2.75) is 37.9 Å². The Morgan fingerprint density at radius 2 is 2.08 bits per heavy atom. The van der Waals surface area contributed by atoms with Gasteiger partial charge in [0.05, 0.1) is 23.3 Å². The first-order valence-electron chi connectivity index (χ1n) is 7.53. The molecule has 9 heteroatoms. The van der Waals surface area contributed by atoms with Crippen LogP contribution in [0.3, 0.4) is 0 Å². The van der Waals surface area contributed by atoms with E-state index in [2.05, 4.69) is 15.3 Å². The number of aryl methyl sites for hydroxylation is 2. The van der Waals surface area contributed by atoms with Crippen molar-refractivity contribution >= 4 is 28.7 Å². The van der Waals surface area contributed by atoms with Gasteiger partial charge in [-0.3, -0.25) is 4.79 Å². The maximum atomic E-state index is 12.8. The Morgan fingerprint density at radius 3 is 2.76 bits per heavy atom. The fraction of sp³-hybridized carbons (Fsp3) is 0.312. The molecule has 0 aliphatic rings. The van der Waals surface area contributed by atoms with Crippen LogP contribution in [-0.4, -0.2) is 26.2 Å². The minimum atomic E-state index is -2.61. The molecule has 0 aliphatic carbocycles. The molecule has 1 N–H and O–H groups in total. The zero-order valence-electron chi connectivity index (χ0n) is 13.6. The van der Waals surface area contributed by atoms with E-state index in [1.807, 2.05) is 6.92 Å². The molecule has 2 aromatic heterocycles. The minimum absolute atomic E-state index is 0.106. The molecule has 0 saturated carbocycles. The van der Waals surface area contributed by atoms with Crippen molar-refractivity contribution in [2.75, 3.05) is 0 Å². The van der Waals surface area contributed by atoms with Crippen molar-refractivity contribution in [2.24, 2.45) is 0 Å². The van der Waals surface area contributed by atoms with Crippen molar-refractivity contribution in [3.8, 4) is 0 Å². The fourth-order valence-corrected chi connectivity index (χ4v) is 2.96.